The fourth-order valence-corrected chi connectivity index (χ4v) is 3.48. The van der Waals surface area contributed by atoms with Crippen LogP contribution in [0.15, 0.2) is 24.3 Å². The molecular weight excluding hydrogens is 340 g/mol. The Labute approximate surface area is 152 Å². The van der Waals surface area contributed by atoms with Crippen LogP contribution in [0.2, 0.25) is 23.2 Å². The molecule has 1 atom stereocenters. The Hall–Kier alpha value is -0.843. The van der Waals surface area contributed by atoms with Crippen LogP contribution in [0.25, 0.3) is 0 Å². The summed E-state index contributed by atoms with van der Waals surface area (Å²) in [6.07, 6.45) is 0. The van der Waals surface area contributed by atoms with Crippen LogP contribution >= 0.6 is 11.6 Å². The molecule has 0 bridgehead atoms. The predicted octanol–water partition coefficient (Wildman–Crippen LogP) is 5.73. The van der Waals surface area contributed by atoms with E-state index < -0.39 is 25.5 Å². The van der Waals surface area contributed by atoms with E-state index in [4.69, 9.17) is 20.8 Å². The molecule has 1 radical (unpaired) electrons. The van der Waals surface area contributed by atoms with Crippen molar-refractivity contribution in [3.63, 3.8) is 0 Å². The van der Waals surface area contributed by atoms with Gasteiger partial charge in [-0.05, 0) is 63.5 Å². The summed E-state index contributed by atoms with van der Waals surface area (Å²) in [7, 11) is -2.29. The van der Waals surface area contributed by atoms with Crippen molar-refractivity contribution in [2.75, 3.05) is 0 Å². The molecule has 5 heteroatoms. The van der Waals surface area contributed by atoms with E-state index in [1.807, 2.05) is 20.8 Å². The number of carbonyl (C=O) groups is 1. The van der Waals surface area contributed by atoms with Crippen LogP contribution in [0.5, 0.6) is 0 Å². The third-order valence-electron chi connectivity index (χ3n) is 4.26. The lowest BCUT2D eigenvalue weighted by molar-refractivity contribution is -0.172. The zero-order chi connectivity index (χ0) is 19.0. The molecule has 0 unspecified atom stereocenters. The van der Waals surface area contributed by atoms with Crippen molar-refractivity contribution in [3.05, 3.63) is 41.8 Å². The number of ether oxygens (including phenoxy) is 1. The molecule has 0 N–H and O–H groups in total. The van der Waals surface area contributed by atoms with Crippen molar-refractivity contribution in [1.82, 2.24) is 0 Å². The van der Waals surface area contributed by atoms with Gasteiger partial charge < -0.3 is 9.16 Å². The minimum absolute atomic E-state index is 0.0729. The van der Waals surface area contributed by atoms with E-state index in [0.29, 0.717) is 10.6 Å². The Kier molecular flexibility index (Phi) is 6.02. The minimum atomic E-state index is -2.29. The zero-order valence-corrected chi connectivity index (χ0v) is 17.9. The summed E-state index contributed by atoms with van der Waals surface area (Å²) >= 11 is 6.13. The van der Waals surface area contributed by atoms with Gasteiger partial charge in [-0.2, -0.15) is 0 Å². The van der Waals surface area contributed by atoms with Crippen molar-refractivity contribution in [2.45, 2.75) is 70.9 Å². The average molecular weight is 370 g/mol. The molecule has 1 aromatic carbocycles. The Bertz CT molecular complexity index is 599. The van der Waals surface area contributed by atoms with Crippen molar-refractivity contribution >= 4 is 25.9 Å². The molecule has 1 aromatic rings. The van der Waals surface area contributed by atoms with Crippen LogP contribution in [0.1, 0.15) is 47.1 Å². The van der Waals surface area contributed by atoms with Gasteiger partial charge in [-0.3, -0.25) is 0 Å². The first-order chi connectivity index (χ1) is 10.6. The lowest BCUT2D eigenvalue weighted by atomic mass is 9.96. The van der Waals surface area contributed by atoms with E-state index in [9.17, 15) is 4.79 Å². The van der Waals surface area contributed by atoms with Gasteiger partial charge in [0.15, 0.2) is 13.9 Å². The van der Waals surface area contributed by atoms with Crippen molar-refractivity contribution < 1.29 is 14.0 Å². The second-order valence-corrected chi connectivity index (χ2v) is 13.9. The summed E-state index contributed by atoms with van der Waals surface area (Å²) in [5.41, 5.74) is -1.47. The lowest BCUT2D eigenvalue weighted by Crippen LogP contribution is -2.52. The molecule has 135 valence electrons. The summed E-state index contributed by atoms with van der Waals surface area (Å²) in [6.45, 7) is 20.2. The van der Waals surface area contributed by atoms with Gasteiger partial charge >= 0.3 is 5.97 Å². The third-order valence-corrected chi connectivity index (χ3v) is 8.96. The Balaban J connectivity index is 3.39. The second-order valence-electron chi connectivity index (χ2n) is 8.70. The molecule has 0 saturated heterocycles. The Morgan fingerprint density at radius 3 is 2.08 bits per heavy atom. The van der Waals surface area contributed by atoms with Crippen LogP contribution in [0.3, 0.4) is 0 Å². The smallest absolute Gasteiger partial charge is 0.342 e. The standard InChI is InChI=1S/C19H30ClO3Si/c1-17(2,3)22-16(21)19(7,14-11-10-12-15(20)13-14)23-24(8,9)18(4,5)6/h10-13H,7H2,1-6,8-9H3/t19-/m1/s1. The first kappa shape index (κ1) is 21.2. The van der Waals surface area contributed by atoms with Crippen LogP contribution in [0, 0.1) is 6.92 Å². The number of halogens is 1. The molecule has 0 aromatic heterocycles. The molecule has 0 aliphatic rings. The highest BCUT2D eigenvalue weighted by atomic mass is 35.5. The van der Waals surface area contributed by atoms with Gasteiger partial charge in [0.2, 0.25) is 0 Å². The predicted molar refractivity (Wildman–Crippen MR) is 103 cm³/mol. The van der Waals surface area contributed by atoms with Crippen molar-refractivity contribution in [3.8, 4) is 0 Å². The molecule has 1 rings (SSSR count). The summed E-state index contributed by atoms with van der Waals surface area (Å²) in [5, 5.41) is 0.458. The van der Waals surface area contributed by atoms with E-state index in [1.165, 1.54) is 0 Å². The molecule has 0 saturated carbocycles. The maximum atomic E-state index is 13.0. The highest BCUT2D eigenvalue weighted by Crippen LogP contribution is 2.42. The topological polar surface area (TPSA) is 35.5 Å². The molecule has 0 spiro atoms. The van der Waals surface area contributed by atoms with Gasteiger partial charge in [0.25, 0.3) is 0 Å². The highest BCUT2D eigenvalue weighted by molar-refractivity contribution is 6.74. The molecule has 0 fully saturated rings. The van der Waals surface area contributed by atoms with Gasteiger partial charge in [0, 0.05) is 5.02 Å². The molecule has 0 heterocycles. The molecule has 0 aliphatic carbocycles. The fourth-order valence-electron chi connectivity index (χ4n) is 1.91. The number of hydrogen-bond donors (Lipinski definition) is 0. The maximum absolute atomic E-state index is 13.0. The monoisotopic (exact) mass is 369 g/mol. The van der Waals surface area contributed by atoms with Gasteiger partial charge in [-0.1, -0.05) is 44.5 Å². The van der Waals surface area contributed by atoms with Crippen molar-refractivity contribution in [1.29, 1.82) is 0 Å². The zero-order valence-electron chi connectivity index (χ0n) is 16.1. The number of carbonyl (C=O) groups excluding carboxylic acids is 1. The van der Waals surface area contributed by atoms with Crippen LogP contribution in [-0.2, 0) is 19.6 Å². The molecular formula is C19H30ClO3Si. The van der Waals surface area contributed by atoms with Crippen LogP contribution in [0.4, 0.5) is 0 Å². The molecule has 0 aliphatic heterocycles. The lowest BCUT2D eigenvalue weighted by Gasteiger charge is -2.43. The SMILES string of the molecule is [CH2][C@](O[Si](C)(C)C(C)(C)C)(C(=O)OC(C)(C)C)c1cccc(Cl)c1. The van der Waals surface area contributed by atoms with E-state index >= 15 is 0 Å². The quantitative estimate of drug-likeness (QED) is 0.502. The maximum Gasteiger partial charge on any atom is 0.342 e. The highest BCUT2D eigenvalue weighted by Gasteiger charge is 2.49. The molecule has 24 heavy (non-hydrogen) atoms. The minimum Gasteiger partial charge on any atom is -0.458 e. The second kappa shape index (κ2) is 6.81. The first-order valence-corrected chi connectivity index (χ1v) is 11.4. The third kappa shape index (κ3) is 5.07. The summed E-state index contributed by atoms with van der Waals surface area (Å²) in [6, 6.07) is 7.06. The van der Waals surface area contributed by atoms with Gasteiger partial charge in [-0.25, -0.2) is 4.79 Å². The van der Waals surface area contributed by atoms with Crippen LogP contribution < -0.4 is 0 Å². The number of hydrogen-bond acceptors (Lipinski definition) is 3. The van der Waals surface area contributed by atoms with Crippen molar-refractivity contribution in [2.24, 2.45) is 0 Å². The number of rotatable bonds is 4. The summed E-state index contributed by atoms with van der Waals surface area (Å²) in [4.78, 5) is 13.0. The van der Waals surface area contributed by atoms with E-state index in [-0.39, 0.29) is 5.04 Å². The Morgan fingerprint density at radius 2 is 1.67 bits per heavy atom. The van der Waals surface area contributed by atoms with Gasteiger partial charge in [0.1, 0.15) is 5.60 Å². The van der Waals surface area contributed by atoms with Crippen LogP contribution in [-0.4, -0.2) is 19.9 Å². The van der Waals surface area contributed by atoms with Gasteiger partial charge in [0.05, 0.1) is 0 Å². The first-order valence-electron chi connectivity index (χ1n) is 8.13. The number of benzene rings is 1. The summed E-state index contributed by atoms with van der Waals surface area (Å²) < 4.78 is 12.0. The van der Waals surface area contributed by atoms with Gasteiger partial charge in [-0.15, -0.1) is 0 Å². The Morgan fingerprint density at radius 1 is 1.12 bits per heavy atom. The fraction of sp³-hybridized carbons (Fsp3) is 0.579. The molecule has 3 nitrogen and oxygen atoms in total. The summed E-state index contributed by atoms with van der Waals surface area (Å²) in [5.74, 6) is -0.498. The van der Waals surface area contributed by atoms with E-state index in [1.54, 1.807) is 24.3 Å². The van der Waals surface area contributed by atoms with E-state index in [0.717, 1.165) is 0 Å². The normalized spacial score (nSPS) is 15.8. The number of esters is 1. The average Bonchev–Trinajstić information content (AvgIpc) is 2.34. The van der Waals surface area contributed by atoms with E-state index in [2.05, 4.69) is 40.8 Å². The molecule has 0 amide bonds. The largest absolute Gasteiger partial charge is 0.458 e.